The third-order valence-electron chi connectivity index (χ3n) is 16.5. The van der Waals surface area contributed by atoms with E-state index in [1.54, 1.807) is 32.6 Å². The number of carbonyl (C=O) groups is 10. The number of hydrogen-bond acceptors (Lipinski definition) is 17. The van der Waals surface area contributed by atoms with E-state index in [0.29, 0.717) is 44.9 Å². The Balaban J connectivity index is 6.88. The third-order valence-corrected chi connectivity index (χ3v) is 16.5. The monoisotopic (exact) mass is 1300 g/mol. The lowest BCUT2D eigenvalue weighted by Gasteiger charge is -2.37. The number of amides is 10. The molecule has 11 unspecified atom stereocenters. The van der Waals surface area contributed by atoms with Crippen molar-refractivity contribution >= 4 is 65.0 Å². The van der Waals surface area contributed by atoms with Gasteiger partial charge in [0.25, 0.3) is 0 Å². The molecule has 0 saturated carbocycles. The second-order valence-corrected chi connectivity index (χ2v) is 24.6. The molecule has 0 fully saturated rings. The summed E-state index contributed by atoms with van der Waals surface area (Å²) >= 11 is 0. The van der Waals surface area contributed by atoms with E-state index in [-0.39, 0.29) is 83.4 Å². The van der Waals surface area contributed by atoms with E-state index < -0.39 is 160 Å². The summed E-state index contributed by atoms with van der Waals surface area (Å²) in [6.45, 7) is 22.4. The number of carbonyl (C=O) groups excluding carboxylic acids is 10. The summed E-state index contributed by atoms with van der Waals surface area (Å²) in [4.78, 5) is 157. The van der Waals surface area contributed by atoms with Crippen molar-refractivity contribution in [2.75, 3.05) is 105 Å². The van der Waals surface area contributed by atoms with E-state index in [1.165, 1.54) is 47.3 Å². The molecule has 11 atom stereocenters. The van der Waals surface area contributed by atoms with Gasteiger partial charge in [-0.3, -0.25) is 57.8 Å². The molecule has 0 aliphatic heterocycles. The highest BCUT2D eigenvalue weighted by atomic mass is 16.3. The highest BCUT2D eigenvalue weighted by molar-refractivity contribution is 5.93. The molecular weight excluding hydrogens is 1180 g/mol. The average molecular weight is 1300 g/mol. The quantitative estimate of drug-likeness (QED) is 0.0204. The first-order valence-corrected chi connectivity index (χ1v) is 32.6. The summed E-state index contributed by atoms with van der Waals surface area (Å²) in [5.74, 6) is -6.20. The van der Waals surface area contributed by atoms with Crippen LogP contribution < -0.4 is 22.9 Å². The summed E-state index contributed by atoms with van der Waals surface area (Å²) in [6, 6.07) is -3.40. The van der Waals surface area contributed by atoms with Crippen molar-refractivity contribution in [3.05, 3.63) is 0 Å². The molecule has 0 spiro atoms. The SMILES string of the molecule is CCC(C)N(CCN(C(=O)CN(CC(C)O)C(=O)CN(CC(C)O)C(=O)CN(C(=O)CN(C(=O)C(N)CCCN=C(N)N)C(C)CC)C(C)CC)C(C)CC)CC(=O)N(CC(=O)N(CC(=O)N(CC(=O)N(CC(N)=O)C(C)CC)C(C)CC)CC(C)O)CC(C)O. The van der Waals surface area contributed by atoms with Crippen LogP contribution in [0.4, 0.5) is 0 Å². The average Bonchev–Trinajstić information content (AvgIpc) is 1.69. The molecule has 29 nitrogen and oxygen atoms in total. The van der Waals surface area contributed by atoms with Gasteiger partial charge in [0, 0.05) is 82.1 Å². The Morgan fingerprint density at radius 3 is 1.00 bits per heavy atom. The Morgan fingerprint density at radius 2 is 0.648 bits per heavy atom. The predicted octanol–water partition coefficient (Wildman–Crippen LogP) is -1.07. The van der Waals surface area contributed by atoms with Crippen LogP contribution in [-0.2, 0) is 47.9 Å². The van der Waals surface area contributed by atoms with Crippen LogP contribution in [0.25, 0.3) is 0 Å². The highest BCUT2D eigenvalue weighted by Gasteiger charge is 2.36. The number of rotatable bonds is 46. The van der Waals surface area contributed by atoms with Crippen LogP contribution in [0, 0.1) is 0 Å². The van der Waals surface area contributed by atoms with Crippen molar-refractivity contribution in [2.45, 2.75) is 229 Å². The Kier molecular flexibility index (Phi) is 40.5. The minimum absolute atomic E-state index is 0.0478. The van der Waals surface area contributed by atoms with Crippen LogP contribution >= 0.6 is 0 Å². The number of hydrogen-bond donors (Lipinski definition) is 8. The number of aliphatic hydroxyl groups is 4. The van der Waals surface area contributed by atoms with Crippen LogP contribution in [0.5, 0.6) is 0 Å². The Labute approximate surface area is 542 Å². The van der Waals surface area contributed by atoms with Gasteiger partial charge in [-0.1, -0.05) is 41.5 Å². The summed E-state index contributed by atoms with van der Waals surface area (Å²) in [5.41, 5.74) is 22.6. The molecule has 29 heteroatoms. The van der Waals surface area contributed by atoms with Crippen molar-refractivity contribution in [1.82, 2.24) is 49.0 Å². The fourth-order valence-corrected chi connectivity index (χ4v) is 9.91. The maximum absolute atomic E-state index is 14.6. The van der Waals surface area contributed by atoms with E-state index in [9.17, 15) is 68.4 Å². The second kappa shape index (κ2) is 43.5. The molecule has 0 aromatic rings. The van der Waals surface area contributed by atoms with Gasteiger partial charge in [0.05, 0.1) is 69.7 Å². The minimum atomic E-state index is -1.13. The van der Waals surface area contributed by atoms with E-state index in [1.807, 2.05) is 60.3 Å². The van der Waals surface area contributed by atoms with Crippen molar-refractivity contribution < 1.29 is 68.4 Å². The number of aliphatic imine (C=N–C) groups is 1. The lowest BCUT2D eigenvalue weighted by atomic mass is 10.1. The maximum Gasteiger partial charge on any atom is 0.242 e. The fourth-order valence-electron chi connectivity index (χ4n) is 9.91. The summed E-state index contributed by atoms with van der Waals surface area (Å²) in [5, 5.41) is 42.5. The van der Waals surface area contributed by atoms with Gasteiger partial charge >= 0.3 is 0 Å². The molecule has 0 aromatic heterocycles. The van der Waals surface area contributed by atoms with Gasteiger partial charge in [-0.25, -0.2) is 0 Å². The van der Waals surface area contributed by atoms with Gasteiger partial charge < -0.3 is 87.5 Å². The van der Waals surface area contributed by atoms with Crippen LogP contribution in [0.15, 0.2) is 4.99 Å². The van der Waals surface area contributed by atoms with Crippen molar-refractivity contribution in [2.24, 2.45) is 27.9 Å². The van der Waals surface area contributed by atoms with Crippen molar-refractivity contribution in [3.63, 3.8) is 0 Å². The zero-order valence-electron chi connectivity index (χ0n) is 57.9. The number of aliphatic hydroxyl groups excluding tert-OH is 4. The molecule has 0 aromatic carbocycles. The topological polar surface area (TPSA) is 400 Å². The van der Waals surface area contributed by atoms with E-state index in [2.05, 4.69) is 4.99 Å². The molecule has 0 saturated heterocycles. The number of nitrogens with zero attached hydrogens (tertiary/aromatic N) is 11. The van der Waals surface area contributed by atoms with Gasteiger partial charge in [0.15, 0.2) is 5.96 Å². The zero-order valence-corrected chi connectivity index (χ0v) is 57.9. The lowest BCUT2D eigenvalue weighted by Crippen LogP contribution is -2.56. The third kappa shape index (κ3) is 31.3. The molecule has 526 valence electrons. The predicted molar refractivity (Wildman–Crippen MR) is 349 cm³/mol. The summed E-state index contributed by atoms with van der Waals surface area (Å²) < 4.78 is 0. The van der Waals surface area contributed by atoms with Gasteiger partial charge in [-0.05, 0) is 121 Å². The standard InChI is InChI=1S/C62H119N15O14/c1-17-41(7)68(33-53(83)69(28-47(13)78)34-54(84)72(31-50(16)81)37-58(88)76(45(11)21-5)39-59(89)74(32-52(64)82)43(9)19-3)26-27-73(42(8)18-2)57(87)36-71(30-49(15)80)55(85)35-70(29-48(14)79)56(86)38-75(44(10)20-4)60(90)40-77(46(12)22-6)61(91)51(63)24-23-25-67-62(65)66/h41-51,78-81H,17-40,63H2,1-16H3,(H2,64,82)(H4,65,66,67). The van der Waals surface area contributed by atoms with Gasteiger partial charge in [-0.15, -0.1) is 0 Å². The van der Waals surface area contributed by atoms with E-state index >= 15 is 0 Å². The Bertz CT molecular complexity index is 2310. The molecule has 0 rings (SSSR count). The van der Waals surface area contributed by atoms with E-state index in [4.69, 9.17) is 22.9 Å². The van der Waals surface area contributed by atoms with Gasteiger partial charge in [0.2, 0.25) is 59.1 Å². The van der Waals surface area contributed by atoms with E-state index in [0.717, 1.165) is 19.6 Å². The normalized spacial score (nSPS) is 15.0. The Hall–Kier alpha value is -6.27. The van der Waals surface area contributed by atoms with Gasteiger partial charge in [-0.2, -0.15) is 0 Å². The fraction of sp³-hybridized carbons (Fsp3) is 0.823. The number of nitrogens with two attached hydrogens (primary N) is 4. The molecular formula is C62H119N15O14. The van der Waals surface area contributed by atoms with Crippen LogP contribution in [-0.4, -0.2) is 306 Å². The minimum Gasteiger partial charge on any atom is -0.392 e. The smallest absolute Gasteiger partial charge is 0.242 e. The highest BCUT2D eigenvalue weighted by Crippen LogP contribution is 2.17. The second-order valence-electron chi connectivity index (χ2n) is 24.6. The van der Waals surface area contributed by atoms with Crippen LogP contribution in [0.2, 0.25) is 0 Å². The lowest BCUT2D eigenvalue weighted by molar-refractivity contribution is -0.150. The number of primary amides is 1. The van der Waals surface area contributed by atoms with Crippen molar-refractivity contribution in [1.29, 1.82) is 0 Å². The first-order chi connectivity index (χ1) is 42.4. The molecule has 0 radical (unpaired) electrons. The zero-order chi connectivity index (χ0) is 70.2. The molecule has 0 heterocycles. The molecule has 12 N–H and O–H groups in total. The molecule has 0 aliphatic rings. The largest absolute Gasteiger partial charge is 0.392 e. The summed E-state index contributed by atoms with van der Waals surface area (Å²) in [6.07, 6.45) is -0.943. The molecule has 0 aliphatic carbocycles. The van der Waals surface area contributed by atoms with Crippen LogP contribution in [0.1, 0.15) is 162 Å². The molecule has 10 amide bonds. The van der Waals surface area contributed by atoms with Crippen molar-refractivity contribution in [3.8, 4) is 0 Å². The molecule has 91 heavy (non-hydrogen) atoms. The Morgan fingerprint density at radius 1 is 0.363 bits per heavy atom. The first kappa shape index (κ1) is 84.7. The van der Waals surface area contributed by atoms with Crippen LogP contribution in [0.3, 0.4) is 0 Å². The van der Waals surface area contributed by atoms with Gasteiger partial charge in [0.1, 0.15) is 19.6 Å². The first-order valence-electron chi connectivity index (χ1n) is 32.6. The molecule has 0 bridgehead atoms. The summed E-state index contributed by atoms with van der Waals surface area (Å²) in [7, 11) is 0. The maximum atomic E-state index is 14.6. The number of guanidine groups is 1.